The highest BCUT2D eigenvalue weighted by atomic mass is 16.6. The Hall–Kier alpha value is -3.15. The molecule has 0 radical (unpaired) electrons. The Morgan fingerprint density at radius 1 is 0.309 bits per heavy atom. The summed E-state index contributed by atoms with van der Waals surface area (Å²) in [4.78, 5) is 38.1. The van der Waals surface area contributed by atoms with Crippen LogP contribution in [-0.2, 0) is 28.6 Å². The van der Waals surface area contributed by atoms with Crippen LogP contribution in [0.5, 0.6) is 0 Å². The van der Waals surface area contributed by atoms with Crippen LogP contribution >= 0.6 is 0 Å². The minimum absolute atomic E-state index is 0.0935. The molecule has 392 valence electrons. The van der Waals surface area contributed by atoms with Crippen molar-refractivity contribution < 1.29 is 28.6 Å². The number of hydrogen-bond donors (Lipinski definition) is 0. The number of rotatable bonds is 52. The van der Waals surface area contributed by atoms with E-state index in [-0.39, 0.29) is 31.1 Å². The lowest BCUT2D eigenvalue weighted by molar-refractivity contribution is -0.167. The Kier molecular flexibility index (Phi) is 53.8. The molecule has 0 spiro atoms. The molecule has 0 aliphatic rings. The van der Waals surface area contributed by atoms with Gasteiger partial charge in [0, 0.05) is 19.3 Å². The van der Waals surface area contributed by atoms with E-state index in [9.17, 15) is 14.4 Å². The molecule has 0 bridgehead atoms. The largest absolute Gasteiger partial charge is 0.462 e. The van der Waals surface area contributed by atoms with Crippen LogP contribution in [0.4, 0.5) is 0 Å². The summed E-state index contributed by atoms with van der Waals surface area (Å²) in [6, 6.07) is 0. The zero-order chi connectivity index (χ0) is 49.3. The Bertz CT molecular complexity index is 1270. The summed E-state index contributed by atoms with van der Waals surface area (Å²) < 4.78 is 16.8. The van der Waals surface area contributed by atoms with Crippen molar-refractivity contribution in [2.75, 3.05) is 13.2 Å². The van der Waals surface area contributed by atoms with Crippen LogP contribution in [0.1, 0.15) is 284 Å². The van der Waals surface area contributed by atoms with E-state index < -0.39 is 6.10 Å². The second-order valence-corrected chi connectivity index (χ2v) is 19.2. The molecular formula is C62H108O6. The Morgan fingerprint density at radius 2 is 0.574 bits per heavy atom. The number of esters is 3. The molecule has 0 amide bonds. The first-order valence-electron chi connectivity index (χ1n) is 28.9. The minimum atomic E-state index is -0.799. The number of carbonyl (C=O) groups is 3. The van der Waals surface area contributed by atoms with Gasteiger partial charge < -0.3 is 14.2 Å². The zero-order valence-electron chi connectivity index (χ0n) is 44.9. The van der Waals surface area contributed by atoms with E-state index in [1.54, 1.807) is 0 Å². The number of allylic oxidation sites excluding steroid dienone is 12. The lowest BCUT2D eigenvalue weighted by atomic mass is 10.1. The summed E-state index contributed by atoms with van der Waals surface area (Å²) >= 11 is 0. The topological polar surface area (TPSA) is 78.9 Å². The highest BCUT2D eigenvalue weighted by Crippen LogP contribution is 2.15. The van der Waals surface area contributed by atoms with Crippen LogP contribution in [0.25, 0.3) is 0 Å². The maximum absolute atomic E-state index is 12.8. The molecule has 0 saturated carbocycles. The average molecular weight is 950 g/mol. The van der Waals surface area contributed by atoms with E-state index in [2.05, 4.69) is 93.7 Å². The summed E-state index contributed by atoms with van der Waals surface area (Å²) in [6.45, 7) is 6.50. The van der Waals surface area contributed by atoms with Crippen LogP contribution in [0.15, 0.2) is 72.9 Å². The van der Waals surface area contributed by atoms with Gasteiger partial charge in [-0.25, -0.2) is 0 Å². The maximum Gasteiger partial charge on any atom is 0.306 e. The Morgan fingerprint density at radius 3 is 0.941 bits per heavy atom. The number of ether oxygens (including phenoxy) is 3. The van der Waals surface area contributed by atoms with Crippen LogP contribution in [-0.4, -0.2) is 37.2 Å². The molecule has 0 N–H and O–H groups in total. The van der Waals surface area contributed by atoms with Crippen LogP contribution in [0.3, 0.4) is 0 Å². The molecule has 0 saturated heterocycles. The van der Waals surface area contributed by atoms with Gasteiger partial charge in [0.2, 0.25) is 0 Å². The normalized spacial score (nSPS) is 12.6. The van der Waals surface area contributed by atoms with Gasteiger partial charge in [-0.1, -0.05) is 229 Å². The van der Waals surface area contributed by atoms with Gasteiger partial charge in [-0.15, -0.1) is 0 Å². The molecule has 0 rings (SSSR count). The van der Waals surface area contributed by atoms with Crippen molar-refractivity contribution in [3.05, 3.63) is 72.9 Å². The standard InChI is InChI=1S/C62H108O6/c1-4-7-10-13-16-19-22-25-28-30-31-32-35-37-40-43-46-49-52-55-61(64)67-58-59(57-66-60(63)54-51-48-45-42-39-36-33-27-24-21-18-15-12-9-6-3)68-62(65)56-53-50-47-44-41-38-34-29-26-23-20-17-14-11-8-5-2/h9,12,18,21,27,29-31,33-34,39,42,59H,4-8,10-11,13-17,19-20,22-26,28,32,35-38,40-41,43-58H2,1-3H3/b12-9-,21-18-,31-30-,33-27-,34-29-,42-39-/t59-/m1/s1. The molecule has 0 unspecified atom stereocenters. The monoisotopic (exact) mass is 949 g/mol. The molecule has 6 heteroatoms. The Balaban J connectivity index is 4.43. The SMILES string of the molecule is CC/C=C\C/C=C\C/C=C\C/C=C\CCCCC(=O)OC[C@H](COC(=O)CCCCCCCCC/C=C\CCCCCCCCCC)OC(=O)CCCCCCC/C=C\CCCCCCCCC. The molecular weight excluding hydrogens is 841 g/mol. The van der Waals surface area contributed by atoms with E-state index in [1.807, 2.05) is 0 Å². The van der Waals surface area contributed by atoms with Crippen LogP contribution in [0.2, 0.25) is 0 Å². The highest BCUT2D eigenvalue weighted by molar-refractivity contribution is 5.71. The first-order chi connectivity index (χ1) is 33.5. The quantitative estimate of drug-likeness (QED) is 0.0262. The third-order valence-electron chi connectivity index (χ3n) is 12.4. The van der Waals surface area contributed by atoms with Crippen molar-refractivity contribution in [3.8, 4) is 0 Å². The van der Waals surface area contributed by atoms with Gasteiger partial charge in [-0.3, -0.25) is 14.4 Å². The minimum Gasteiger partial charge on any atom is -0.462 e. The van der Waals surface area contributed by atoms with Crippen molar-refractivity contribution in [3.63, 3.8) is 0 Å². The third-order valence-corrected chi connectivity index (χ3v) is 12.4. The molecule has 0 heterocycles. The van der Waals surface area contributed by atoms with Gasteiger partial charge in [0.1, 0.15) is 13.2 Å². The van der Waals surface area contributed by atoms with Crippen molar-refractivity contribution in [1.82, 2.24) is 0 Å². The summed E-state index contributed by atoms with van der Waals surface area (Å²) in [6.07, 6.45) is 71.8. The zero-order valence-corrected chi connectivity index (χ0v) is 44.9. The van der Waals surface area contributed by atoms with Crippen molar-refractivity contribution in [1.29, 1.82) is 0 Å². The molecule has 0 fully saturated rings. The third kappa shape index (κ3) is 53.8. The fourth-order valence-electron chi connectivity index (χ4n) is 8.07. The van der Waals surface area contributed by atoms with Gasteiger partial charge in [0.25, 0.3) is 0 Å². The molecule has 0 aromatic carbocycles. The molecule has 1 atom stereocenters. The summed E-state index contributed by atoms with van der Waals surface area (Å²) in [5, 5.41) is 0. The highest BCUT2D eigenvalue weighted by Gasteiger charge is 2.19. The fraction of sp³-hybridized carbons (Fsp3) is 0.758. The lowest BCUT2D eigenvalue weighted by Gasteiger charge is -2.18. The summed E-state index contributed by atoms with van der Waals surface area (Å²) in [5.41, 5.74) is 0. The van der Waals surface area contributed by atoms with Crippen molar-refractivity contribution in [2.24, 2.45) is 0 Å². The van der Waals surface area contributed by atoms with E-state index in [0.717, 1.165) is 96.3 Å². The van der Waals surface area contributed by atoms with Crippen molar-refractivity contribution in [2.45, 2.75) is 290 Å². The van der Waals surface area contributed by atoms with Gasteiger partial charge in [0.15, 0.2) is 6.10 Å². The van der Waals surface area contributed by atoms with Gasteiger partial charge >= 0.3 is 17.9 Å². The van der Waals surface area contributed by atoms with Crippen molar-refractivity contribution >= 4 is 17.9 Å². The molecule has 0 aromatic rings. The predicted molar refractivity (Wildman–Crippen MR) is 293 cm³/mol. The maximum atomic E-state index is 12.8. The van der Waals surface area contributed by atoms with E-state index >= 15 is 0 Å². The second kappa shape index (κ2) is 56.4. The molecule has 68 heavy (non-hydrogen) atoms. The number of hydrogen-bond acceptors (Lipinski definition) is 6. The van der Waals surface area contributed by atoms with Gasteiger partial charge in [-0.2, -0.15) is 0 Å². The average Bonchev–Trinajstić information content (AvgIpc) is 3.34. The van der Waals surface area contributed by atoms with E-state index in [1.165, 1.54) is 148 Å². The van der Waals surface area contributed by atoms with E-state index in [0.29, 0.717) is 19.3 Å². The van der Waals surface area contributed by atoms with Gasteiger partial charge in [0.05, 0.1) is 0 Å². The molecule has 0 aromatic heterocycles. The fourth-order valence-corrected chi connectivity index (χ4v) is 8.07. The van der Waals surface area contributed by atoms with Crippen LogP contribution in [0, 0.1) is 0 Å². The molecule has 0 aliphatic carbocycles. The summed E-state index contributed by atoms with van der Waals surface area (Å²) in [5.74, 6) is -0.941. The number of carbonyl (C=O) groups excluding carboxylic acids is 3. The lowest BCUT2D eigenvalue weighted by Crippen LogP contribution is -2.30. The van der Waals surface area contributed by atoms with E-state index in [4.69, 9.17) is 14.2 Å². The number of unbranched alkanes of at least 4 members (excludes halogenated alkanes) is 29. The van der Waals surface area contributed by atoms with Gasteiger partial charge in [-0.05, 0) is 109 Å². The first-order valence-corrected chi connectivity index (χ1v) is 28.9. The smallest absolute Gasteiger partial charge is 0.306 e. The predicted octanol–water partition coefficient (Wildman–Crippen LogP) is 19.4. The second-order valence-electron chi connectivity index (χ2n) is 19.2. The van der Waals surface area contributed by atoms with Crippen LogP contribution < -0.4 is 0 Å². The summed E-state index contributed by atoms with van der Waals surface area (Å²) in [7, 11) is 0. The molecule has 6 nitrogen and oxygen atoms in total. The first kappa shape index (κ1) is 64.8. The molecule has 0 aliphatic heterocycles. The Labute approximate surface area is 421 Å².